The first-order chi connectivity index (χ1) is 11.6. The molecule has 7 heteroatoms. The topological polar surface area (TPSA) is 50.5 Å². The quantitative estimate of drug-likeness (QED) is 0.482. The normalized spacial score (nSPS) is 14.7. The average Bonchev–Trinajstić information content (AvgIpc) is 2.61. The number of anilines is 1. The fraction of sp³-hybridized carbons (Fsp3) is 0.294. The summed E-state index contributed by atoms with van der Waals surface area (Å²) in [6.45, 7) is 2.31. The van der Waals surface area contributed by atoms with E-state index in [1.165, 1.54) is 24.0 Å². The molecule has 0 aliphatic carbocycles. The molecule has 0 N–H and O–H groups in total. The first-order valence-corrected chi connectivity index (χ1v) is 8.72. The Morgan fingerprint density at radius 3 is 2.54 bits per heavy atom. The van der Waals surface area contributed by atoms with Crippen LogP contribution in [-0.4, -0.2) is 42.7 Å². The van der Waals surface area contributed by atoms with E-state index in [2.05, 4.69) is 0 Å². The first kappa shape index (κ1) is 16.6. The van der Waals surface area contributed by atoms with Crippen molar-refractivity contribution < 1.29 is 13.9 Å². The number of amides is 1. The Hall–Kier alpha value is -2.28. The number of rotatable bonds is 4. The highest BCUT2D eigenvalue weighted by atomic mass is 32.2. The Bertz CT molecular complexity index is 720. The Morgan fingerprint density at radius 2 is 1.83 bits per heavy atom. The molecule has 1 aromatic carbocycles. The number of nitrogens with zero attached hydrogens (tertiary/aromatic N) is 3. The molecule has 1 aromatic heterocycles. The Balaban J connectivity index is 1.52. The predicted molar refractivity (Wildman–Crippen MR) is 91.3 cm³/mol. The molecule has 0 saturated carbocycles. The van der Waals surface area contributed by atoms with Gasteiger partial charge in [-0.05, 0) is 30.0 Å². The smallest absolute Gasteiger partial charge is 0.251 e. The summed E-state index contributed by atoms with van der Waals surface area (Å²) in [6, 6.07) is 11.8. The van der Waals surface area contributed by atoms with Crippen molar-refractivity contribution in [3.8, 4) is 0 Å². The molecule has 126 valence electrons. The molecule has 0 bridgehead atoms. The zero-order valence-corrected chi connectivity index (χ0v) is 13.9. The lowest BCUT2D eigenvalue weighted by molar-refractivity contribution is -0.645. The summed E-state index contributed by atoms with van der Waals surface area (Å²) in [5.74, 6) is -0.0136. The third kappa shape index (κ3) is 3.79. The molecule has 1 aliphatic rings. The molecule has 0 radical (unpaired) electrons. The molecule has 3 rings (SSSR count). The van der Waals surface area contributed by atoms with E-state index < -0.39 is 0 Å². The molecule has 1 amide bonds. The van der Waals surface area contributed by atoms with Crippen LogP contribution in [0.2, 0.25) is 0 Å². The van der Waals surface area contributed by atoms with Gasteiger partial charge < -0.3 is 15.0 Å². The maximum Gasteiger partial charge on any atom is 0.251 e. The molecule has 2 heterocycles. The third-order valence-corrected chi connectivity index (χ3v) is 4.96. The second kappa shape index (κ2) is 7.53. The minimum atomic E-state index is -0.239. The summed E-state index contributed by atoms with van der Waals surface area (Å²) in [5, 5.41) is 12.1. The van der Waals surface area contributed by atoms with Crippen LogP contribution < -0.4 is 9.63 Å². The Morgan fingerprint density at radius 1 is 1.12 bits per heavy atom. The third-order valence-electron chi connectivity index (χ3n) is 3.96. The molecule has 24 heavy (non-hydrogen) atoms. The lowest BCUT2D eigenvalue weighted by Gasteiger charge is -2.36. The molecule has 0 spiro atoms. The number of carbonyl (C=O) groups is 1. The molecule has 1 aliphatic heterocycles. The highest BCUT2D eigenvalue weighted by Gasteiger charge is 2.23. The predicted octanol–water partition coefficient (Wildman–Crippen LogP) is 1.90. The number of hydrogen-bond donors (Lipinski definition) is 0. The average molecular weight is 347 g/mol. The van der Waals surface area contributed by atoms with Gasteiger partial charge in [-0.25, -0.2) is 4.39 Å². The number of para-hydroxylation sites is 1. The van der Waals surface area contributed by atoms with E-state index in [9.17, 15) is 14.4 Å². The summed E-state index contributed by atoms with van der Waals surface area (Å²) in [6.07, 6.45) is 1.42. The van der Waals surface area contributed by atoms with Crippen molar-refractivity contribution in [2.24, 2.45) is 0 Å². The zero-order valence-electron chi connectivity index (χ0n) is 13.1. The van der Waals surface area contributed by atoms with Crippen molar-refractivity contribution in [2.75, 3.05) is 36.8 Å². The summed E-state index contributed by atoms with van der Waals surface area (Å²) >= 11 is 1.23. The van der Waals surface area contributed by atoms with Gasteiger partial charge in [-0.2, -0.15) is 4.73 Å². The van der Waals surface area contributed by atoms with Crippen LogP contribution in [0.25, 0.3) is 0 Å². The van der Waals surface area contributed by atoms with E-state index in [1.54, 1.807) is 35.2 Å². The number of benzene rings is 1. The van der Waals surface area contributed by atoms with Crippen molar-refractivity contribution in [3.63, 3.8) is 0 Å². The molecular weight excluding hydrogens is 329 g/mol. The minimum Gasteiger partial charge on any atom is -0.618 e. The van der Waals surface area contributed by atoms with E-state index in [0.29, 0.717) is 36.9 Å². The second-order valence-electron chi connectivity index (χ2n) is 5.47. The number of thioether (sulfide) groups is 1. The maximum absolute atomic E-state index is 13.8. The highest BCUT2D eigenvalue weighted by molar-refractivity contribution is 7.99. The van der Waals surface area contributed by atoms with Crippen LogP contribution in [0.3, 0.4) is 0 Å². The summed E-state index contributed by atoms with van der Waals surface area (Å²) in [7, 11) is 0. The standard InChI is InChI=1S/C17H18FN3O2S/c18-14-5-1-2-6-15(14)19-9-11-20(12-10-19)16(22)13-24-17-7-3-4-8-21(17)23/h1-8H,9-13H2. The van der Waals surface area contributed by atoms with E-state index in [0.717, 1.165) is 4.73 Å². The minimum absolute atomic E-state index is 0.00274. The van der Waals surface area contributed by atoms with Crippen LogP contribution >= 0.6 is 11.8 Å². The van der Waals surface area contributed by atoms with Gasteiger partial charge in [0, 0.05) is 38.3 Å². The van der Waals surface area contributed by atoms with Crippen molar-refractivity contribution in [1.29, 1.82) is 0 Å². The fourth-order valence-electron chi connectivity index (χ4n) is 2.66. The van der Waals surface area contributed by atoms with Gasteiger partial charge in [-0.15, -0.1) is 0 Å². The van der Waals surface area contributed by atoms with E-state index in [-0.39, 0.29) is 17.5 Å². The van der Waals surface area contributed by atoms with Gasteiger partial charge in [0.15, 0.2) is 6.20 Å². The van der Waals surface area contributed by atoms with Crippen molar-refractivity contribution in [1.82, 2.24) is 4.90 Å². The number of hydrogen-bond acceptors (Lipinski definition) is 4. The van der Waals surface area contributed by atoms with Crippen LogP contribution in [0.4, 0.5) is 10.1 Å². The summed E-state index contributed by atoms with van der Waals surface area (Å²) in [4.78, 5) is 16.0. The van der Waals surface area contributed by atoms with Crippen molar-refractivity contribution in [3.05, 3.63) is 59.7 Å². The highest BCUT2D eigenvalue weighted by Crippen LogP contribution is 2.21. The fourth-order valence-corrected chi connectivity index (χ4v) is 3.47. The van der Waals surface area contributed by atoms with Gasteiger partial charge in [-0.1, -0.05) is 12.1 Å². The maximum atomic E-state index is 13.8. The van der Waals surface area contributed by atoms with E-state index in [1.807, 2.05) is 11.0 Å². The largest absolute Gasteiger partial charge is 0.618 e. The molecule has 1 saturated heterocycles. The number of halogens is 1. The van der Waals surface area contributed by atoms with Gasteiger partial charge in [-0.3, -0.25) is 4.79 Å². The monoisotopic (exact) mass is 347 g/mol. The Kier molecular flexibility index (Phi) is 5.20. The number of piperazine rings is 1. The van der Waals surface area contributed by atoms with Gasteiger partial charge in [0.25, 0.3) is 5.03 Å². The summed E-state index contributed by atoms with van der Waals surface area (Å²) < 4.78 is 14.6. The lowest BCUT2D eigenvalue weighted by atomic mass is 10.2. The van der Waals surface area contributed by atoms with Gasteiger partial charge in [0.2, 0.25) is 5.91 Å². The van der Waals surface area contributed by atoms with Crippen LogP contribution in [0.5, 0.6) is 0 Å². The van der Waals surface area contributed by atoms with Crippen molar-refractivity contribution >= 4 is 23.4 Å². The molecule has 1 fully saturated rings. The van der Waals surface area contributed by atoms with E-state index >= 15 is 0 Å². The van der Waals surface area contributed by atoms with Crippen LogP contribution in [0.1, 0.15) is 0 Å². The lowest BCUT2D eigenvalue weighted by Crippen LogP contribution is -2.49. The SMILES string of the molecule is O=C(CSc1cccc[n+]1[O-])N1CCN(c2ccccc2F)CC1. The molecule has 0 atom stereocenters. The van der Waals surface area contributed by atoms with Gasteiger partial charge in [0.1, 0.15) is 5.82 Å². The Labute approximate surface area is 144 Å². The molecule has 2 aromatic rings. The van der Waals surface area contributed by atoms with Crippen LogP contribution in [0.15, 0.2) is 53.7 Å². The van der Waals surface area contributed by atoms with Crippen LogP contribution in [0, 0.1) is 11.0 Å². The second-order valence-corrected chi connectivity index (χ2v) is 6.47. The van der Waals surface area contributed by atoms with Crippen molar-refractivity contribution in [2.45, 2.75) is 5.03 Å². The first-order valence-electron chi connectivity index (χ1n) is 7.73. The number of carbonyl (C=O) groups excluding carboxylic acids is 1. The number of aromatic nitrogens is 1. The molecule has 5 nitrogen and oxygen atoms in total. The number of pyridine rings is 1. The molecule has 0 unspecified atom stereocenters. The summed E-state index contributed by atoms with van der Waals surface area (Å²) in [5.41, 5.74) is 0.579. The van der Waals surface area contributed by atoms with Gasteiger partial charge in [0.05, 0.1) is 11.4 Å². The van der Waals surface area contributed by atoms with Gasteiger partial charge >= 0.3 is 0 Å². The molecular formula is C17H18FN3O2S. The van der Waals surface area contributed by atoms with Crippen LogP contribution in [-0.2, 0) is 4.79 Å². The van der Waals surface area contributed by atoms with E-state index in [4.69, 9.17) is 0 Å². The zero-order chi connectivity index (χ0) is 16.9.